The molecule has 0 radical (unpaired) electrons. The summed E-state index contributed by atoms with van der Waals surface area (Å²) >= 11 is 1.40. The van der Waals surface area contributed by atoms with Crippen LogP contribution in [0.4, 0.5) is 0 Å². The minimum Gasteiger partial charge on any atom is -0.458 e. The van der Waals surface area contributed by atoms with E-state index in [9.17, 15) is 14.4 Å². The van der Waals surface area contributed by atoms with Gasteiger partial charge in [0.05, 0.1) is 10.6 Å². The zero-order valence-electron chi connectivity index (χ0n) is 22.6. The zero-order chi connectivity index (χ0) is 26.1. The van der Waals surface area contributed by atoms with Gasteiger partial charge in [0.15, 0.2) is 0 Å². The lowest BCUT2D eigenvalue weighted by Crippen LogP contribution is -2.38. The maximum atomic E-state index is 13.3. The van der Waals surface area contributed by atoms with E-state index in [1.54, 1.807) is 6.07 Å². The summed E-state index contributed by atoms with van der Waals surface area (Å²) in [5.41, 5.74) is -1.26. The minimum absolute atomic E-state index is 0.229. The number of nitrogens with zero attached hydrogens (tertiary/aromatic N) is 1. The predicted molar refractivity (Wildman–Crippen MR) is 142 cm³/mol. The summed E-state index contributed by atoms with van der Waals surface area (Å²) in [5, 5.41) is 0.607. The maximum absolute atomic E-state index is 13.3. The van der Waals surface area contributed by atoms with Crippen LogP contribution in [0.5, 0.6) is 0 Å². The van der Waals surface area contributed by atoms with Crippen LogP contribution in [0.3, 0.4) is 0 Å². The van der Waals surface area contributed by atoms with Gasteiger partial charge in [0.25, 0.3) is 5.56 Å². The van der Waals surface area contributed by atoms with Gasteiger partial charge >= 0.3 is 11.9 Å². The van der Waals surface area contributed by atoms with E-state index in [0.29, 0.717) is 10.8 Å². The van der Waals surface area contributed by atoms with Crippen molar-refractivity contribution in [3.8, 4) is 0 Å². The molecule has 1 aromatic rings. The number of rotatable bonds is 15. The van der Waals surface area contributed by atoms with Gasteiger partial charge in [-0.3, -0.25) is 9.36 Å². The average Bonchev–Trinajstić information content (AvgIpc) is 3.21. The molecular formula is C28H45NO5S. The molecule has 0 saturated heterocycles. The zero-order valence-corrected chi connectivity index (χ0v) is 23.4. The van der Waals surface area contributed by atoms with Crippen molar-refractivity contribution < 1.29 is 19.1 Å². The molecule has 1 aliphatic heterocycles. The number of fused-ring (bicyclic) bond motifs is 1. The van der Waals surface area contributed by atoms with Crippen molar-refractivity contribution in [1.82, 2.24) is 4.57 Å². The van der Waals surface area contributed by atoms with Crippen molar-refractivity contribution in [3.05, 3.63) is 28.0 Å². The van der Waals surface area contributed by atoms with E-state index in [2.05, 4.69) is 13.8 Å². The van der Waals surface area contributed by atoms with E-state index in [0.717, 1.165) is 64.2 Å². The van der Waals surface area contributed by atoms with Crippen molar-refractivity contribution >= 4 is 23.7 Å². The normalized spacial score (nSPS) is 17.0. The first-order valence-corrected chi connectivity index (χ1v) is 14.4. The molecule has 2 atom stereocenters. The number of esters is 2. The number of carbonyl (C=O) groups excluding carboxylic acids is 2. The monoisotopic (exact) mass is 507 g/mol. The summed E-state index contributed by atoms with van der Waals surface area (Å²) in [5.74, 6) is -0.437. The summed E-state index contributed by atoms with van der Waals surface area (Å²) in [6, 6.07) is 2.27. The van der Waals surface area contributed by atoms with Crippen LogP contribution in [-0.2, 0) is 14.3 Å². The van der Waals surface area contributed by atoms with Crippen LogP contribution in [0.15, 0.2) is 22.0 Å². The second-order valence-corrected chi connectivity index (χ2v) is 11.7. The number of aromatic nitrogens is 1. The summed E-state index contributed by atoms with van der Waals surface area (Å²) in [4.78, 5) is 39.0. The van der Waals surface area contributed by atoms with E-state index < -0.39 is 23.2 Å². The topological polar surface area (TPSA) is 74.6 Å². The molecule has 2 heterocycles. The molecule has 0 fully saturated rings. The predicted octanol–water partition coefficient (Wildman–Crippen LogP) is 7.08. The van der Waals surface area contributed by atoms with Crippen molar-refractivity contribution in [2.24, 2.45) is 0 Å². The van der Waals surface area contributed by atoms with Crippen molar-refractivity contribution in [2.45, 2.75) is 134 Å². The van der Waals surface area contributed by atoms with E-state index in [1.165, 1.54) is 28.8 Å². The molecule has 1 aromatic heterocycles. The van der Waals surface area contributed by atoms with Crippen molar-refractivity contribution in [2.75, 3.05) is 5.75 Å². The molecule has 6 nitrogen and oxygen atoms in total. The fourth-order valence-corrected chi connectivity index (χ4v) is 5.86. The number of ether oxygens (including phenoxy) is 2. The van der Waals surface area contributed by atoms with Crippen LogP contribution >= 0.6 is 11.8 Å². The fraction of sp³-hybridized carbons (Fsp3) is 0.750. The molecule has 0 saturated carbocycles. The first-order chi connectivity index (χ1) is 16.6. The lowest BCUT2D eigenvalue weighted by atomic mass is 9.91. The average molecular weight is 508 g/mol. The minimum atomic E-state index is -0.676. The van der Waals surface area contributed by atoms with Gasteiger partial charge in [0.1, 0.15) is 17.2 Å². The van der Waals surface area contributed by atoms with Gasteiger partial charge in [-0.05, 0) is 58.9 Å². The molecule has 2 rings (SSSR count). The Morgan fingerprint density at radius 1 is 0.914 bits per heavy atom. The Kier molecular flexibility index (Phi) is 11.4. The van der Waals surface area contributed by atoms with Crippen LogP contribution in [0, 0.1) is 0 Å². The summed E-state index contributed by atoms with van der Waals surface area (Å²) in [7, 11) is 0. The first kappa shape index (κ1) is 29.5. The molecule has 0 spiro atoms. The Bertz CT molecular complexity index is 909. The standard InChI is InChI=1S/C28H45NO5S/c1-7-10-12-14-17-28(6,16-13-11-8-2)34-26(32)22-20-35-24-19-21(18-23(30)29(22)24)25(31)33-27(4,5)15-9-3/h18-19,22H,7-17,20H2,1-6H3. The third-order valence-corrected chi connectivity index (χ3v) is 7.77. The van der Waals surface area contributed by atoms with Gasteiger partial charge < -0.3 is 9.47 Å². The lowest BCUT2D eigenvalue weighted by Gasteiger charge is -2.31. The molecule has 1 aliphatic rings. The molecule has 198 valence electrons. The number of carbonyl (C=O) groups is 2. The summed E-state index contributed by atoms with van der Waals surface area (Å²) < 4.78 is 13.2. The second kappa shape index (κ2) is 13.5. The van der Waals surface area contributed by atoms with Crippen LogP contribution < -0.4 is 5.56 Å². The molecular weight excluding hydrogens is 462 g/mol. The molecule has 7 heteroatoms. The summed E-state index contributed by atoms with van der Waals surface area (Å²) in [6.45, 7) is 12.2. The van der Waals surface area contributed by atoms with Crippen molar-refractivity contribution in [1.29, 1.82) is 0 Å². The number of pyridine rings is 1. The third kappa shape index (κ3) is 8.69. The number of thioether (sulfide) groups is 1. The SMILES string of the molecule is CCCCCCC(C)(CCCCC)OC(=O)C1CSc2cc(C(=O)OC(C)(C)CCC)cc(=O)n21. The van der Waals surface area contributed by atoms with Crippen LogP contribution in [-0.4, -0.2) is 33.5 Å². The molecule has 0 aliphatic carbocycles. The largest absolute Gasteiger partial charge is 0.458 e. The molecule has 0 aromatic carbocycles. The van der Waals surface area contributed by atoms with E-state index >= 15 is 0 Å². The second-order valence-electron chi connectivity index (χ2n) is 10.7. The highest BCUT2D eigenvalue weighted by Gasteiger charge is 2.37. The molecule has 35 heavy (non-hydrogen) atoms. The molecule has 0 N–H and O–H groups in total. The lowest BCUT2D eigenvalue weighted by molar-refractivity contribution is -0.163. The van der Waals surface area contributed by atoms with Gasteiger partial charge in [-0.2, -0.15) is 0 Å². The van der Waals surface area contributed by atoms with E-state index in [4.69, 9.17) is 9.47 Å². The number of hydrogen-bond donors (Lipinski definition) is 0. The van der Waals surface area contributed by atoms with Crippen LogP contribution in [0.1, 0.15) is 129 Å². The fourth-order valence-electron chi connectivity index (χ4n) is 4.68. The van der Waals surface area contributed by atoms with Gasteiger partial charge in [-0.25, -0.2) is 9.59 Å². The number of unbranched alkanes of at least 4 members (excludes halogenated alkanes) is 5. The summed E-state index contributed by atoms with van der Waals surface area (Å²) in [6.07, 6.45) is 11.0. The Morgan fingerprint density at radius 2 is 1.54 bits per heavy atom. The maximum Gasteiger partial charge on any atom is 0.338 e. The van der Waals surface area contributed by atoms with Gasteiger partial charge in [-0.15, -0.1) is 11.8 Å². The van der Waals surface area contributed by atoms with Crippen LogP contribution in [0.25, 0.3) is 0 Å². The Labute approximate surface area is 215 Å². The Balaban J connectivity index is 2.16. The number of hydrogen-bond acceptors (Lipinski definition) is 6. The third-order valence-electron chi connectivity index (χ3n) is 6.68. The Morgan fingerprint density at radius 3 is 2.17 bits per heavy atom. The highest BCUT2D eigenvalue weighted by Crippen LogP contribution is 2.35. The van der Waals surface area contributed by atoms with Gasteiger partial charge in [0, 0.05) is 11.8 Å². The van der Waals surface area contributed by atoms with E-state index in [1.807, 2.05) is 27.7 Å². The Hall–Kier alpha value is -1.76. The highest BCUT2D eigenvalue weighted by molar-refractivity contribution is 7.99. The first-order valence-electron chi connectivity index (χ1n) is 13.4. The molecule has 0 amide bonds. The highest BCUT2D eigenvalue weighted by atomic mass is 32.2. The van der Waals surface area contributed by atoms with Gasteiger partial charge in [0.2, 0.25) is 0 Å². The molecule has 0 bridgehead atoms. The smallest absolute Gasteiger partial charge is 0.338 e. The molecule has 2 unspecified atom stereocenters. The van der Waals surface area contributed by atoms with E-state index in [-0.39, 0.29) is 17.1 Å². The van der Waals surface area contributed by atoms with Gasteiger partial charge in [-0.1, -0.05) is 59.3 Å². The van der Waals surface area contributed by atoms with Crippen molar-refractivity contribution in [3.63, 3.8) is 0 Å². The van der Waals surface area contributed by atoms with Crippen LogP contribution in [0.2, 0.25) is 0 Å². The quantitative estimate of drug-likeness (QED) is 0.186.